The number of benzene rings is 2. The van der Waals surface area contributed by atoms with Crippen molar-refractivity contribution in [2.75, 3.05) is 0 Å². The standard InChI is InChI=1S/C19H17NO3/c1-10-3-4-13-11(2)18-14-8-17(22)16(21)7-12(14)5-6-20(18)9-15(13)19(10)23/h3-4,7-9H,5-6H2,1-2H3,(H2,21,22,23)/p+1. The summed E-state index contributed by atoms with van der Waals surface area (Å²) >= 11 is 0. The molecular weight excluding hydrogens is 290 g/mol. The molecule has 0 amide bonds. The number of hydrogen-bond donors (Lipinski definition) is 3. The van der Waals surface area contributed by atoms with Crippen LogP contribution in [0.2, 0.25) is 0 Å². The molecule has 1 aliphatic rings. The van der Waals surface area contributed by atoms with E-state index in [0.29, 0.717) is 5.75 Å². The zero-order valence-corrected chi connectivity index (χ0v) is 13.1. The van der Waals surface area contributed by atoms with Crippen molar-refractivity contribution in [3.05, 3.63) is 47.2 Å². The molecular formula is C19H18NO3+. The zero-order valence-electron chi connectivity index (χ0n) is 13.1. The van der Waals surface area contributed by atoms with E-state index in [9.17, 15) is 15.3 Å². The van der Waals surface area contributed by atoms with Crippen molar-refractivity contribution in [1.82, 2.24) is 0 Å². The molecule has 1 aliphatic heterocycles. The van der Waals surface area contributed by atoms with Crippen molar-refractivity contribution in [3.63, 3.8) is 0 Å². The van der Waals surface area contributed by atoms with Gasteiger partial charge in [0.2, 0.25) is 5.69 Å². The highest BCUT2D eigenvalue weighted by atomic mass is 16.3. The molecule has 0 saturated heterocycles. The van der Waals surface area contributed by atoms with E-state index in [1.165, 1.54) is 0 Å². The lowest BCUT2D eigenvalue weighted by molar-refractivity contribution is -0.686. The fraction of sp³-hybridized carbons (Fsp3) is 0.211. The normalized spacial score (nSPS) is 13.0. The van der Waals surface area contributed by atoms with E-state index >= 15 is 0 Å². The molecule has 4 rings (SSSR count). The minimum Gasteiger partial charge on any atom is -0.507 e. The van der Waals surface area contributed by atoms with Gasteiger partial charge >= 0.3 is 0 Å². The third kappa shape index (κ3) is 1.88. The average Bonchev–Trinajstić information content (AvgIpc) is 2.52. The highest BCUT2D eigenvalue weighted by Gasteiger charge is 2.28. The SMILES string of the molecule is Cc1ccc2c(C)c3[n+](cc2c1O)CCc1cc(O)c(O)cc1-3. The number of rotatable bonds is 0. The first-order valence-electron chi connectivity index (χ1n) is 7.68. The maximum Gasteiger partial charge on any atom is 0.216 e. The number of aryl methyl sites for hydroxylation is 4. The van der Waals surface area contributed by atoms with Crippen LogP contribution in [0.1, 0.15) is 16.7 Å². The van der Waals surface area contributed by atoms with Crippen LogP contribution in [-0.2, 0) is 13.0 Å². The van der Waals surface area contributed by atoms with E-state index < -0.39 is 0 Å². The van der Waals surface area contributed by atoms with E-state index in [2.05, 4.69) is 4.57 Å². The van der Waals surface area contributed by atoms with E-state index in [4.69, 9.17) is 0 Å². The molecule has 4 nitrogen and oxygen atoms in total. The summed E-state index contributed by atoms with van der Waals surface area (Å²) in [6, 6.07) is 7.21. The first-order valence-corrected chi connectivity index (χ1v) is 7.68. The lowest BCUT2D eigenvalue weighted by atomic mass is 9.91. The maximum absolute atomic E-state index is 10.4. The number of nitrogens with zero attached hydrogens (tertiary/aromatic N) is 1. The smallest absolute Gasteiger partial charge is 0.216 e. The van der Waals surface area contributed by atoms with Gasteiger partial charge in [-0.3, -0.25) is 0 Å². The zero-order chi connectivity index (χ0) is 16.3. The largest absolute Gasteiger partial charge is 0.507 e. The molecule has 0 atom stereocenters. The van der Waals surface area contributed by atoms with Gasteiger partial charge in [0, 0.05) is 17.4 Å². The summed E-state index contributed by atoms with van der Waals surface area (Å²) in [5.74, 6) is 0.132. The van der Waals surface area contributed by atoms with Crippen LogP contribution >= 0.6 is 0 Å². The van der Waals surface area contributed by atoms with E-state index in [1.807, 2.05) is 32.2 Å². The molecule has 0 unspecified atom stereocenters. The summed E-state index contributed by atoms with van der Waals surface area (Å²) in [6.07, 6.45) is 2.76. The monoisotopic (exact) mass is 308 g/mol. The van der Waals surface area contributed by atoms with Crippen LogP contribution in [0.5, 0.6) is 17.2 Å². The second-order valence-electron chi connectivity index (χ2n) is 6.24. The van der Waals surface area contributed by atoms with Crippen LogP contribution in [0.4, 0.5) is 0 Å². The molecule has 0 aliphatic carbocycles. The van der Waals surface area contributed by atoms with Crippen LogP contribution < -0.4 is 4.57 Å². The molecule has 1 aromatic heterocycles. The second-order valence-corrected chi connectivity index (χ2v) is 6.24. The van der Waals surface area contributed by atoms with Gasteiger partial charge in [0.25, 0.3) is 0 Å². The third-order valence-electron chi connectivity index (χ3n) is 4.83. The van der Waals surface area contributed by atoms with Gasteiger partial charge in [-0.2, -0.15) is 4.57 Å². The highest BCUT2D eigenvalue weighted by molar-refractivity contribution is 5.93. The molecule has 0 fully saturated rings. The Kier molecular flexibility index (Phi) is 2.79. The summed E-state index contributed by atoms with van der Waals surface area (Å²) in [5.41, 5.74) is 4.91. The van der Waals surface area contributed by atoms with E-state index in [1.54, 1.807) is 12.1 Å². The number of phenolic OH excluding ortho intramolecular Hbond substituents is 3. The minimum atomic E-state index is -0.108. The van der Waals surface area contributed by atoms with Crippen molar-refractivity contribution in [3.8, 4) is 28.5 Å². The molecule has 23 heavy (non-hydrogen) atoms. The number of fused-ring (bicyclic) bond motifs is 4. The Morgan fingerprint density at radius 3 is 2.48 bits per heavy atom. The predicted octanol–water partition coefficient (Wildman–Crippen LogP) is 3.08. The Bertz CT molecular complexity index is 976. The fourth-order valence-electron chi connectivity index (χ4n) is 3.56. The summed E-state index contributed by atoms with van der Waals surface area (Å²) < 4.78 is 2.12. The van der Waals surface area contributed by atoms with Crippen molar-refractivity contribution >= 4 is 10.8 Å². The quantitative estimate of drug-likeness (QED) is 0.442. The van der Waals surface area contributed by atoms with Gasteiger partial charge in [0.15, 0.2) is 24.2 Å². The molecule has 3 aromatic rings. The van der Waals surface area contributed by atoms with Crippen molar-refractivity contribution in [1.29, 1.82) is 0 Å². The molecule has 3 N–H and O–H groups in total. The number of aromatic nitrogens is 1. The molecule has 4 heteroatoms. The first-order chi connectivity index (χ1) is 11.0. The summed E-state index contributed by atoms with van der Waals surface area (Å²) in [6.45, 7) is 4.70. The Morgan fingerprint density at radius 1 is 0.957 bits per heavy atom. The van der Waals surface area contributed by atoms with Crippen LogP contribution in [0.25, 0.3) is 22.0 Å². The molecule has 0 bridgehead atoms. The van der Waals surface area contributed by atoms with Gasteiger partial charge in [-0.05, 0) is 37.1 Å². The maximum atomic E-state index is 10.4. The van der Waals surface area contributed by atoms with Crippen LogP contribution in [0.15, 0.2) is 30.5 Å². The summed E-state index contributed by atoms with van der Waals surface area (Å²) in [4.78, 5) is 0. The van der Waals surface area contributed by atoms with Crippen LogP contribution in [-0.4, -0.2) is 15.3 Å². The molecule has 0 saturated carbocycles. The van der Waals surface area contributed by atoms with Gasteiger partial charge in [0.05, 0.1) is 10.9 Å². The predicted molar refractivity (Wildman–Crippen MR) is 87.8 cm³/mol. The molecule has 2 heterocycles. The molecule has 116 valence electrons. The Hall–Kier alpha value is -2.75. The van der Waals surface area contributed by atoms with Gasteiger partial charge in [-0.1, -0.05) is 12.1 Å². The van der Waals surface area contributed by atoms with E-state index in [0.717, 1.165) is 51.7 Å². The molecule has 2 aromatic carbocycles. The number of hydrogen-bond acceptors (Lipinski definition) is 3. The minimum absolute atomic E-state index is 0.0797. The highest BCUT2D eigenvalue weighted by Crippen LogP contribution is 2.39. The summed E-state index contributed by atoms with van der Waals surface area (Å²) in [5, 5.41) is 31.8. The number of aromatic hydroxyl groups is 3. The topological polar surface area (TPSA) is 64.6 Å². The van der Waals surface area contributed by atoms with Gasteiger partial charge < -0.3 is 15.3 Å². The van der Waals surface area contributed by atoms with Crippen molar-refractivity contribution < 1.29 is 19.9 Å². The number of pyridine rings is 1. The Morgan fingerprint density at radius 2 is 1.70 bits per heavy atom. The van der Waals surface area contributed by atoms with Gasteiger partial charge in [-0.15, -0.1) is 0 Å². The van der Waals surface area contributed by atoms with Crippen molar-refractivity contribution in [2.24, 2.45) is 0 Å². The van der Waals surface area contributed by atoms with Crippen LogP contribution in [0.3, 0.4) is 0 Å². The lowest BCUT2D eigenvalue weighted by Gasteiger charge is -2.19. The molecule has 0 radical (unpaired) electrons. The van der Waals surface area contributed by atoms with Gasteiger partial charge in [0.1, 0.15) is 5.75 Å². The molecule has 0 spiro atoms. The average molecular weight is 308 g/mol. The Balaban J connectivity index is 2.10. The summed E-state index contributed by atoms with van der Waals surface area (Å²) in [7, 11) is 0. The Labute approximate surface area is 133 Å². The first kappa shape index (κ1) is 13.9. The van der Waals surface area contributed by atoms with Crippen molar-refractivity contribution in [2.45, 2.75) is 26.8 Å². The third-order valence-corrected chi connectivity index (χ3v) is 4.83. The van der Waals surface area contributed by atoms with Crippen LogP contribution in [0, 0.1) is 13.8 Å². The van der Waals surface area contributed by atoms with E-state index in [-0.39, 0.29) is 11.5 Å². The lowest BCUT2D eigenvalue weighted by Crippen LogP contribution is -2.40. The number of phenols is 3. The second kappa shape index (κ2) is 4.62. The van der Waals surface area contributed by atoms with Gasteiger partial charge in [-0.25, -0.2) is 0 Å². The fourth-order valence-corrected chi connectivity index (χ4v) is 3.56.